The maximum Gasteiger partial charge on any atom is 0.307 e. The number of rotatable bonds is 4. The number of aliphatic carboxylic acids is 1. The first-order valence-electron chi connectivity index (χ1n) is 5.89. The molecule has 20 heavy (non-hydrogen) atoms. The van der Waals surface area contributed by atoms with E-state index in [1.807, 2.05) is 11.4 Å². The monoisotopic (exact) mass is 286 g/mol. The summed E-state index contributed by atoms with van der Waals surface area (Å²) < 4.78 is 5.72. The molecule has 6 heteroatoms. The minimum absolute atomic E-state index is 0.00254. The maximum absolute atomic E-state index is 10.6. The van der Waals surface area contributed by atoms with E-state index in [0.717, 1.165) is 15.8 Å². The summed E-state index contributed by atoms with van der Waals surface area (Å²) in [5, 5.41) is 11.5. The average molecular weight is 286 g/mol. The summed E-state index contributed by atoms with van der Waals surface area (Å²) in [6.45, 7) is 0. The van der Waals surface area contributed by atoms with Crippen molar-refractivity contribution in [2.75, 3.05) is 0 Å². The van der Waals surface area contributed by atoms with Gasteiger partial charge >= 0.3 is 5.97 Å². The van der Waals surface area contributed by atoms with E-state index in [1.165, 1.54) is 17.7 Å². The van der Waals surface area contributed by atoms with Gasteiger partial charge in [0.05, 0.1) is 11.8 Å². The Balaban J connectivity index is 1.84. The second-order valence-corrected chi connectivity index (χ2v) is 5.03. The van der Waals surface area contributed by atoms with Crippen LogP contribution in [0.15, 0.2) is 42.0 Å². The molecule has 0 saturated heterocycles. The molecule has 0 aliphatic carbocycles. The normalized spacial score (nSPS) is 10.6. The smallest absolute Gasteiger partial charge is 0.307 e. The molecule has 0 saturated carbocycles. The van der Waals surface area contributed by atoms with Gasteiger partial charge in [-0.05, 0) is 29.1 Å². The Morgan fingerprint density at radius 2 is 2.00 bits per heavy atom. The highest BCUT2D eigenvalue weighted by molar-refractivity contribution is 7.16. The van der Waals surface area contributed by atoms with Gasteiger partial charge in [-0.3, -0.25) is 4.79 Å². The second kappa shape index (κ2) is 5.26. The molecule has 5 nitrogen and oxygen atoms in total. The van der Waals surface area contributed by atoms with E-state index in [-0.39, 0.29) is 6.42 Å². The van der Waals surface area contributed by atoms with Crippen LogP contribution in [0.2, 0.25) is 0 Å². The van der Waals surface area contributed by atoms with Crippen LogP contribution in [0.25, 0.3) is 10.2 Å². The zero-order valence-electron chi connectivity index (χ0n) is 10.3. The Kier molecular flexibility index (Phi) is 3.30. The van der Waals surface area contributed by atoms with Crippen LogP contribution in [0.3, 0.4) is 0 Å². The van der Waals surface area contributed by atoms with Gasteiger partial charge in [-0.25, -0.2) is 9.97 Å². The first-order chi connectivity index (χ1) is 9.72. The van der Waals surface area contributed by atoms with E-state index in [4.69, 9.17) is 9.84 Å². The van der Waals surface area contributed by atoms with Gasteiger partial charge in [0, 0.05) is 0 Å². The van der Waals surface area contributed by atoms with E-state index in [9.17, 15) is 4.79 Å². The Morgan fingerprint density at radius 1 is 1.20 bits per heavy atom. The van der Waals surface area contributed by atoms with E-state index in [0.29, 0.717) is 11.6 Å². The van der Waals surface area contributed by atoms with Crippen molar-refractivity contribution in [3.05, 3.63) is 47.6 Å². The average Bonchev–Trinajstić information content (AvgIpc) is 2.90. The van der Waals surface area contributed by atoms with Crippen LogP contribution < -0.4 is 4.74 Å². The van der Waals surface area contributed by atoms with Gasteiger partial charge in [-0.15, -0.1) is 11.3 Å². The second-order valence-electron chi connectivity index (χ2n) is 4.13. The molecule has 3 aromatic rings. The molecule has 1 N–H and O–H groups in total. The zero-order valence-corrected chi connectivity index (χ0v) is 11.1. The van der Waals surface area contributed by atoms with Gasteiger partial charge in [-0.2, -0.15) is 0 Å². The van der Waals surface area contributed by atoms with Crippen molar-refractivity contribution in [1.82, 2.24) is 9.97 Å². The molecule has 0 aliphatic rings. The minimum Gasteiger partial charge on any atom is -0.481 e. The predicted octanol–water partition coefficient (Wildman–Crippen LogP) is 3.11. The van der Waals surface area contributed by atoms with Gasteiger partial charge in [0.2, 0.25) is 5.88 Å². The molecule has 0 atom stereocenters. The molecule has 1 aromatic carbocycles. The molecule has 0 spiro atoms. The summed E-state index contributed by atoms with van der Waals surface area (Å²) >= 11 is 1.52. The summed E-state index contributed by atoms with van der Waals surface area (Å²) in [5.74, 6) is 0.266. The fourth-order valence-electron chi connectivity index (χ4n) is 1.81. The first kappa shape index (κ1) is 12.6. The molecule has 0 radical (unpaired) electrons. The van der Waals surface area contributed by atoms with Crippen LogP contribution in [-0.2, 0) is 11.2 Å². The lowest BCUT2D eigenvalue weighted by Crippen LogP contribution is -1.99. The summed E-state index contributed by atoms with van der Waals surface area (Å²) in [7, 11) is 0. The van der Waals surface area contributed by atoms with E-state index >= 15 is 0 Å². The highest BCUT2D eigenvalue weighted by Gasteiger charge is 2.07. The lowest BCUT2D eigenvalue weighted by atomic mass is 10.1. The Bertz CT molecular complexity index is 752. The SMILES string of the molecule is O=C(O)Cc1ccc(Oc2ncnc3sccc23)cc1. The predicted molar refractivity (Wildman–Crippen MR) is 75.3 cm³/mol. The van der Waals surface area contributed by atoms with Crippen LogP contribution >= 0.6 is 11.3 Å². The molecule has 100 valence electrons. The Morgan fingerprint density at radius 3 is 2.75 bits per heavy atom. The van der Waals surface area contributed by atoms with Crippen molar-refractivity contribution in [3.63, 3.8) is 0 Å². The standard InChI is InChI=1S/C14H10N2O3S/c17-12(18)7-9-1-3-10(4-2-9)19-13-11-5-6-20-14(11)16-8-15-13/h1-6,8H,7H2,(H,17,18). The van der Waals surface area contributed by atoms with Crippen LogP contribution in [0.4, 0.5) is 0 Å². The third-order valence-electron chi connectivity index (χ3n) is 2.72. The topological polar surface area (TPSA) is 72.3 Å². The molecule has 0 aliphatic heterocycles. The number of carboxylic acids is 1. The van der Waals surface area contributed by atoms with Crippen LogP contribution in [0.5, 0.6) is 11.6 Å². The highest BCUT2D eigenvalue weighted by atomic mass is 32.1. The van der Waals surface area contributed by atoms with Gasteiger partial charge in [-0.1, -0.05) is 12.1 Å². The molecular formula is C14H10N2O3S. The molecule has 2 aromatic heterocycles. The highest BCUT2D eigenvalue weighted by Crippen LogP contribution is 2.29. The molecule has 0 fully saturated rings. The fraction of sp³-hybridized carbons (Fsp3) is 0.0714. The van der Waals surface area contributed by atoms with Crippen molar-refractivity contribution in [1.29, 1.82) is 0 Å². The molecule has 2 heterocycles. The zero-order chi connectivity index (χ0) is 13.9. The number of hydrogen-bond donors (Lipinski definition) is 1. The van der Waals surface area contributed by atoms with Crippen molar-refractivity contribution in [3.8, 4) is 11.6 Å². The lowest BCUT2D eigenvalue weighted by molar-refractivity contribution is -0.136. The number of ether oxygens (including phenoxy) is 1. The van der Waals surface area contributed by atoms with Gasteiger partial charge in [0.15, 0.2) is 0 Å². The number of thiophene rings is 1. The summed E-state index contributed by atoms with van der Waals surface area (Å²) in [5.41, 5.74) is 0.730. The third kappa shape index (κ3) is 2.60. The number of hydrogen-bond acceptors (Lipinski definition) is 5. The number of fused-ring (bicyclic) bond motifs is 1. The van der Waals surface area contributed by atoms with Gasteiger partial charge in [0.1, 0.15) is 16.9 Å². The van der Waals surface area contributed by atoms with Crippen LogP contribution in [0, 0.1) is 0 Å². The number of carboxylic acid groups (broad SMARTS) is 1. The van der Waals surface area contributed by atoms with E-state index < -0.39 is 5.97 Å². The summed E-state index contributed by atoms with van der Waals surface area (Å²) in [4.78, 5) is 19.8. The van der Waals surface area contributed by atoms with Gasteiger partial charge < -0.3 is 9.84 Å². The molecule has 3 rings (SSSR count). The van der Waals surface area contributed by atoms with Gasteiger partial charge in [0.25, 0.3) is 0 Å². The Labute approximate surface area is 118 Å². The lowest BCUT2D eigenvalue weighted by Gasteiger charge is -2.06. The summed E-state index contributed by atoms with van der Waals surface area (Å²) in [6, 6.07) is 8.84. The van der Waals surface area contributed by atoms with Crippen molar-refractivity contribution in [2.45, 2.75) is 6.42 Å². The third-order valence-corrected chi connectivity index (χ3v) is 3.54. The number of carbonyl (C=O) groups is 1. The maximum atomic E-state index is 10.6. The number of aromatic nitrogens is 2. The molecule has 0 unspecified atom stereocenters. The molecular weight excluding hydrogens is 276 g/mol. The first-order valence-corrected chi connectivity index (χ1v) is 6.77. The number of benzene rings is 1. The Hall–Kier alpha value is -2.47. The summed E-state index contributed by atoms with van der Waals surface area (Å²) in [6.07, 6.45) is 1.47. The van der Waals surface area contributed by atoms with Crippen molar-refractivity contribution in [2.24, 2.45) is 0 Å². The van der Waals surface area contributed by atoms with Crippen molar-refractivity contribution < 1.29 is 14.6 Å². The van der Waals surface area contributed by atoms with Crippen LogP contribution in [0.1, 0.15) is 5.56 Å². The molecule has 0 bridgehead atoms. The van der Waals surface area contributed by atoms with Crippen molar-refractivity contribution >= 4 is 27.5 Å². The van der Waals surface area contributed by atoms with Crippen LogP contribution in [-0.4, -0.2) is 21.0 Å². The fourth-order valence-corrected chi connectivity index (χ4v) is 2.53. The minimum atomic E-state index is -0.852. The number of nitrogens with zero attached hydrogens (tertiary/aromatic N) is 2. The molecule has 0 amide bonds. The quantitative estimate of drug-likeness (QED) is 0.797. The largest absolute Gasteiger partial charge is 0.481 e. The van der Waals surface area contributed by atoms with E-state index in [1.54, 1.807) is 24.3 Å². The van der Waals surface area contributed by atoms with E-state index in [2.05, 4.69) is 9.97 Å².